The highest BCUT2D eigenvalue weighted by atomic mass is 19.1. The summed E-state index contributed by atoms with van der Waals surface area (Å²) < 4.78 is 45.2. The van der Waals surface area contributed by atoms with Gasteiger partial charge in [0.2, 0.25) is 5.90 Å². The number of benzene rings is 3. The standard InChI is InChI=1S/C34H37F2N5O6/c1-33(2,3)47-29(43)13-15-34(32(44)38-16-14-22-19-24(35)21-25(36)20-22)30(27-7-4-5-8-28(27)40-41-37)46-31(39-34)23-9-11-26(12-10-23)45-18-6-17-42/h4-5,7-12,19-21,30,42H,6,13-18H2,1-3H3,(H,38,44)/t30-,34-/m1/s1. The molecule has 0 unspecified atom stereocenters. The second-order valence-corrected chi connectivity index (χ2v) is 11.9. The average Bonchev–Trinajstić information content (AvgIpc) is 3.40. The first kappa shape index (κ1) is 34.9. The van der Waals surface area contributed by atoms with Gasteiger partial charge in [-0.3, -0.25) is 9.59 Å². The molecule has 1 amide bonds. The lowest BCUT2D eigenvalue weighted by atomic mass is 9.82. The minimum absolute atomic E-state index is 0.00595. The maximum absolute atomic E-state index is 14.3. The van der Waals surface area contributed by atoms with Crippen molar-refractivity contribution in [3.05, 3.63) is 105 Å². The van der Waals surface area contributed by atoms with E-state index in [2.05, 4.69) is 15.3 Å². The van der Waals surface area contributed by atoms with Gasteiger partial charge in [0, 0.05) is 53.8 Å². The van der Waals surface area contributed by atoms with Crippen LogP contribution in [0.2, 0.25) is 0 Å². The fraction of sp³-hybridized carbons (Fsp3) is 0.382. The molecule has 13 heteroatoms. The Labute approximate surface area is 271 Å². The van der Waals surface area contributed by atoms with Crippen LogP contribution in [-0.2, 0) is 25.5 Å². The lowest BCUT2D eigenvalue weighted by molar-refractivity contribution is -0.155. The third-order valence-electron chi connectivity index (χ3n) is 7.15. The largest absolute Gasteiger partial charge is 0.494 e. The number of rotatable bonds is 14. The molecule has 1 aliphatic heterocycles. The molecule has 2 atom stereocenters. The Kier molecular flexibility index (Phi) is 11.5. The lowest BCUT2D eigenvalue weighted by Gasteiger charge is -2.31. The highest BCUT2D eigenvalue weighted by Crippen LogP contribution is 2.46. The number of hydrogen-bond acceptors (Lipinski definition) is 8. The monoisotopic (exact) mass is 649 g/mol. The van der Waals surface area contributed by atoms with Gasteiger partial charge < -0.3 is 24.6 Å². The van der Waals surface area contributed by atoms with Gasteiger partial charge >= 0.3 is 5.97 Å². The predicted molar refractivity (Wildman–Crippen MR) is 170 cm³/mol. The first-order valence-electron chi connectivity index (χ1n) is 15.1. The van der Waals surface area contributed by atoms with Crippen LogP contribution in [0.1, 0.15) is 62.8 Å². The number of hydrogen-bond donors (Lipinski definition) is 2. The van der Waals surface area contributed by atoms with E-state index in [1.807, 2.05) is 0 Å². The second kappa shape index (κ2) is 15.5. The van der Waals surface area contributed by atoms with E-state index in [4.69, 9.17) is 24.3 Å². The summed E-state index contributed by atoms with van der Waals surface area (Å²) in [5, 5.41) is 15.7. The minimum atomic E-state index is -1.75. The van der Waals surface area contributed by atoms with Crippen LogP contribution in [-0.4, -0.2) is 53.8 Å². The molecule has 0 fully saturated rings. The molecule has 47 heavy (non-hydrogen) atoms. The van der Waals surface area contributed by atoms with Crippen molar-refractivity contribution in [1.29, 1.82) is 0 Å². The Morgan fingerprint density at radius 1 is 1.11 bits per heavy atom. The molecule has 3 aromatic carbocycles. The van der Waals surface area contributed by atoms with E-state index in [9.17, 15) is 23.9 Å². The van der Waals surface area contributed by atoms with Crippen LogP contribution in [0.25, 0.3) is 10.4 Å². The van der Waals surface area contributed by atoms with Gasteiger partial charge in [-0.05, 0) is 81.1 Å². The maximum Gasteiger partial charge on any atom is 0.306 e. The fourth-order valence-electron chi connectivity index (χ4n) is 5.11. The number of halogens is 2. The Morgan fingerprint density at radius 3 is 2.47 bits per heavy atom. The van der Waals surface area contributed by atoms with Gasteiger partial charge in [0.25, 0.3) is 5.91 Å². The van der Waals surface area contributed by atoms with Crippen molar-refractivity contribution >= 4 is 23.5 Å². The number of esters is 1. The van der Waals surface area contributed by atoms with E-state index in [0.717, 1.165) is 6.07 Å². The third-order valence-corrected chi connectivity index (χ3v) is 7.15. The molecule has 2 N–H and O–H groups in total. The van der Waals surface area contributed by atoms with Crippen molar-refractivity contribution in [3.8, 4) is 5.75 Å². The Hall–Kier alpha value is -5.00. The van der Waals surface area contributed by atoms with E-state index in [1.54, 1.807) is 69.3 Å². The van der Waals surface area contributed by atoms with Gasteiger partial charge in [0.15, 0.2) is 11.6 Å². The number of carbonyl (C=O) groups is 2. The molecule has 0 spiro atoms. The van der Waals surface area contributed by atoms with Crippen molar-refractivity contribution in [3.63, 3.8) is 0 Å². The topological polar surface area (TPSA) is 155 Å². The van der Waals surface area contributed by atoms with Crippen molar-refractivity contribution in [2.24, 2.45) is 10.1 Å². The smallest absolute Gasteiger partial charge is 0.306 e. The average molecular weight is 650 g/mol. The lowest BCUT2D eigenvalue weighted by Crippen LogP contribution is -2.49. The van der Waals surface area contributed by atoms with Crippen LogP contribution in [0.5, 0.6) is 5.75 Å². The molecule has 0 bridgehead atoms. The molecule has 0 radical (unpaired) electrons. The van der Waals surface area contributed by atoms with Crippen molar-refractivity contribution in [2.45, 2.75) is 63.7 Å². The minimum Gasteiger partial charge on any atom is -0.494 e. The van der Waals surface area contributed by atoms with Crippen LogP contribution in [0, 0.1) is 11.6 Å². The SMILES string of the molecule is CC(C)(C)OC(=O)CC[C@@]1(C(=O)NCCc2cc(F)cc(F)c2)N=C(c2ccc(OCCCO)cc2)O[C@@H]1c1ccccc1N=[N+]=[N-]. The first-order valence-corrected chi connectivity index (χ1v) is 15.1. The summed E-state index contributed by atoms with van der Waals surface area (Å²) in [6, 6.07) is 16.5. The van der Waals surface area contributed by atoms with E-state index >= 15 is 0 Å². The zero-order valence-electron chi connectivity index (χ0n) is 26.4. The van der Waals surface area contributed by atoms with Gasteiger partial charge in [-0.1, -0.05) is 29.4 Å². The second-order valence-electron chi connectivity index (χ2n) is 11.9. The molecule has 0 aromatic heterocycles. The maximum atomic E-state index is 14.3. The van der Waals surface area contributed by atoms with Crippen LogP contribution < -0.4 is 10.1 Å². The van der Waals surface area contributed by atoms with Crippen LogP contribution in [0.3, 0.4) is 0 Å². The predicted octanol–water partition coefficient (Wildman–Crippen LogP) is 6.41. The number of nitrogens with one attached hydrogen (secondary N) is 1. The number of nitrogens with zero attached hydrogens (tertiary/aromatic N) is 4. The number of carbonyl (C=O) groups excluding carboxylic acids is 2. The highest BCUT2D eigenvalue weighted by molar-refractivity contribution is 6.01. The summed E-state index contributed by atoms with van der Waals surface area (Å²) in [5.74, 6) is -2.00. The number of aliphatic hydroxyl groups excluding tert-OH is 1. The third kappa shape index (κ3) is 9.27. The Morgan fingerprint density at radius 2 is 1.81 bits per heavy atom. The molecule has 0 saturated carbocycles. The van der Waals surface area contributed by atoms with Crippen LogP contribution in [0.4, 0.5) is 14.5 Å². The molecule has 1 aliphatic rings. The molecule has 3 aromatic rings. The van der Waals surface area contributed by atoms with E-state index in [-0.39, 0.29) is 44.0 Å². The Bertz CT molecular complexity index is 1630. The van der Waals surface area contributed by atoms with Gasteiger partial charge in [-0.2, -0.15) is 0 Å². The molecule has 4 rings (SSSR count). The number of aliphatic hydroxyl groups is 1. The summed E-state index contributed by atoms with van der Waals surface area (Å²) in [7, 11) is 0. The normalized spacial score (nSPS) is 17.2. The zero-order chi connectivity index (χ0) is 34.0. The molecule has 1 heterocycles. The summed E-state index contributed by atoms with van der Waals surface area (Å²) in [5.41, 5.74) is 8.16. The van der Waals surface area contributed by atoms with Crippen LogP contribution in [0.15, 0.2) is 76.8 Å². The van der Waals surface area contributed by atoms with Gasteiger partial charge in [-0.25, -0.2) is 13.8 Å². The van der Waals surface area contributed by atoms with E-state index in [1.165, 1.54) is 12.1 Å². The molecule has 248 valence electrons. The summed E-state index contributed by atoms with van der Waals surface area (Å²) >= 11 is 0. The molecule has 0 saturated heterocycles. The number of aliphatic imine (C=N–C) groups is 1. The highest BCUT2D eigenvalue weighted by Gasteiger charge is 2.53. The molecule has 11 nitrogen and oxygen atoms in total. The zero-order valence-corrected chi connectivity index (χ0v) is 26.4. The summed E-state index contributed by atoms with van der Waals surface area (Å²) in [6.07, 6.45) is -0.930. The van der Waals surface area contributed by atoms with Gasteiger partial charge in [0.05, 0.1) is 6.61 Å². The van der Waals surface area contributed by atoms with E-state index < -0.39 is 40.8 Å². The number of azide groups is 1. The number of ether oxygens (including phenoxy) is 3. The van der Waals surface area contributed by atoms with Gasteiger partial charge in [-0.15, -0.1) is 0 Å². The quantitative estimate of drug-likeness (QED) is 0.0677. The molecular formula is C34H37F2N5O6. The summed E-state index contributed by atoms with van der Waals surface area (Å²) in [4.78, 5) is 35.0. The van der Waals surface area contributed by atoms with Crippen molar-refractivity contribution in [1.82, 2.24) is 5.32 Å². The van der Waals surface area contributed by atoms with Crippen molar-refractivity contribution in [2.75, 3.05) is 19.8 Å². The first-order chi connectivity index (χ1) is 22.4. The molecular weight excluding hydrogens is 612 g/mol. The van der Waals surface area contributed by atoms with Crippen molar-refractivity contribution < 1.29 is 37.7 Å². The summed E-state index contributed by atoms with van der Waals surface area (Å²) in [6.45, 7) is 5.50. The molecule has 0 aliphatic carbocycles. The fourth-order valence-corrected chi connectivity index (χ4v) is 5.11. The van der Waals surface area contributed by atoms with E-state index in [0.29, 0.717) is 35.5 Å². The Balaban J connectivity index is 1.74. The van der Waals surface area contributed by atoms with Gasteiger partial charge in [0.1, 0.15) is 23.0 Å². The van der Waals surface area contributed by atoms with Crippen LogP contribution >= 0.6 is 0 Å². The number of amides is 1.